The van der Waals surface area contributed by atoms with Crippen LogP contribution >= 0.6 is 11.6 Å². The van der Waals surface area contributed by atoms with Gasteiger partial charge in [0, 0.05) is 5.02 Å². The molecule has 2 rings (SSSR count). The van der Waals surface area contributed by atoms with Gasteiger partial charge in [-0.3, -0.25) is 4.79 Å². The molecule has 5 heteroatoms. The first-order valence-corrected chi connectivity index (χ1v) is 8.04. The van der Waals surface area contributed by atoms with Gasteiger partial charge in [-0.15, -0.1) is 0 Å². The lowest BCUT2D eigenvalue weighted by atomic mass is 10.0. The molecule has 24 heavy (non-hydrogen) atoms. The third-order valence-corrected chi connectivity index (χ3v) is 4.07. The molecule has 0 fully saturated rings. The van der Waals surface area contributed by atoms with Gasteiger partial charge >= 0.3 is 5.97 Å². The van der Waals surface area contributed by atoms with Gasteiger partial charge in [-0.25, -0.2) is 4.79 Å². The summed E-state index contributed by atoms with van der Waals surface area (Å²) in [6, 6.07) is 12.2. The quantitative estimate of drug-likeness (QED) is 0.833. The van der Waals surface area contributed by atoms with Gasteiger partial charge in [-0.2, -0.15) is 0 Å². The first-order chi connectivity index (χ1) is 11.4. The predicted octanol–water partition coefficient (Wildman–Crippen LogP) is 3.99. The van der Waals surface area contributed by atoms with E-state index in [9.17, 15) is 9.59 Å². The molecule has 0 aliphatic rings. The number of carbonyl (C=O) groups excluding carboxylic acids is 2. The summed E-state index contributed by atoms with van der Waals surface area (Å²) in [5, 5.41) is 3.36. The van der Waals surface area contributed by atoms with E-state index in [0.717, 1.165) is 5.56 Å². The van der Waals surface area contributed by atoms with Gasteiger partial charge in [-0.05, 0) is 61.7 Å². The van der Waals surface area contributed by atoms with E-state index in [2.05, 4.69) is 5.32 Å². The number of nitrogens with one attached hydrogen (secondary N) is 1. The molecule has 2 aromatic rings. The number of rotatable bonds is 5. The van der Waals surface area contributed by atoms with Crippen molar-refractivity contribution in [1.29, 1.82) is 0 Å². The van der Waals surface area contributed by atoms with Crippen LogP contribution in [0.5, 0.6) is 0 Å². The first-order valence-electron chi connectivity index (χ1n) is 7.66. The fourth-order valence-electron chi connectivity index (χ4n) is 2.20. The van der Waals surface area contributed by atoms with E-state index in [0.29, 0.717) is 10.6 Å². The summed E-state index contributed by atoms with van der Waals surface area (Å²) >= 11 is 5.76. The van der Waals surface area contributed by atoms with E-state index in [-0.39, 0.29) is 18.6 Å². The minimum Gasteiger partial charge on any atom is -0.452 e. The highest BCUT2D eigenvalue weighted by molar-refractivity contribution is 6.30. The van der Waals surface area contributed by atoms with Crippen molar-refractivity contribution in [3.63, 3.8) is 0 Å². The van der Waals surface area contributed by atoms with Crippen LogP contribution in [0.3, 0.4) is 0 Å². The van der Waals surface area contributed by atoms with Gasteiger partial charge in [0.1, 0.15) is 0 Å². The maximum absolute atomic E-state index is 12.0. The van der Waals surface area contributed by atoms with Crippen molar-refractivity contribution in [2.75, 3.05) is 6.61 Å². The molecule has 0 unspecified atom stereocenters. The molecule has 0 aliphatic heterocycles. The highest BCUT2D eigenvalue weighted by atomic mass is 35.5. The van der Waals surface area contributed by atoms with E-state index in [1.54, 1.807) is 24.3 Å². The largest absolute Gasteiger partial charge is 0.452 e. The number of halogens is 1. The van der Waals surface area contributed by atoms with Gasteiger partial charge in [0.25, 0.3) is 5.91 Å². The van der Waals surface area contributed by atoms with Gasteiger partial charge in [-0.1, -0.05) is 29.8 Å². The van der Waals surface area contributed by atoms with E-state index in [1.165, 1.54) is 11.1 Å². The molecular formula is C19H20ClNO3. The topological polar surface area (TPSA) is 55.4 Å². The van der Waals surface area contributed by atoms with Crippen LogP contribution in [0.1, 0.15) is 40.0 Å². The summed E-state index contributed by atoms with van der Waals surface area (Å²) in [5.74, 6) is -0.899. The SMILES string of the molecule is Cc1ccc([C@H](C)NC(=O)COC(=O)c2ccc(Cl)cc2)cc1C. The van der Waals surface area contributed by atoms with Crippen LogP contribution in [-0.4, -0.2) is 18.5 Å². The molecule has 0 radical (unpaired) electrons. The number of benzene rings is 2. The molecule has 1 N–H and O–H groups in total. The maximum Gasteiger partial charge on any atom is 0.338 e. The van der Waals surface area contributed by atoms with Crippen molar-refractivity contribution in [2.45, 2.75) is 26.8 Å². The van der Waals surface area contributed by atoms with Crippen LogP contribution in [-0.2, 0) is 9.53 Å². The van der Waals surface area contributed by atoms with Crippen molar-refractivity contribution < 1.29 is 14.3 Å². The molecule has 2 aromatic carbocycles. The number of carbonyl (C=O) groups is 2. The normalized spacial score (nSPS) is 11.7. The lowest BCUT2D eigenvalue weighted by Crippen LogP contribution is -2.31. The molecular weight excluding hydrogens is 326 g/mol. The molecule has 1 amide bonds. The van der Waals surface area contributed by atoms with Crippen molar-refractivity contribution in [3.05, 3.63) is 69.7 Å². The highest BCUT2D eigenvalue weighted by Gasteiger charge is 2.13. The van der Waals surface area contributed by atoms with Crippen LogP contribution in [0.4, 0.5) is 0 Å². The maximum atomic E-state index is 12.0. The lowest BCUT2D eigenvalue weighted by Gasteiger charge is -2.15. The number of ether oxygens (including phenoxy) is 1. The van der Waals surface area contributed by atoms with Crippen LogP contribution in [0, 0.1) is 13.8 Å². The molecule has 4 nitrogen and oxygen atoms in total. The minimum atomic E-state index is -0.555. The zero-order valence-electron chi connectivity index (χ0n) is 13.9. The minimum absolute atomic E-state index is 0.161. The molecule has 0 aromatic heterocycles. The summed E-state index contributed by atoms with van der Waals surface area (Å²) < 4.78 is 5.02. The van der Waals surface area contributed by atoms with Gasteiger partial charge in [0.05, 0.1) is 11.6 Å². The summed E-state index contributed by atoms with van der Waals surface area (Å²) in [6.07, 6.45) is 0. The van der Waals surface area contributed by atoms with Crippen LogP contribution < -0.4 is 5.32 Å². The number of amides is 1. The Balaban J connectivity index is 1.87. The van der Waals surface area contributed by atoms with Crippen molar-refractivity contribution in [1.82, 2.24) is 5.32 Å². The second-order valence-corrected chi connectivity index (χ2v) is 6.15. The summed E-state index contributed by atoms with van der Waals surface area (Å²) in [4.78, 5) is 23.8. The lowest BCUT2D eigenvalue weighted by molar-refractivity contribution is -0.124. The Morgan fingerprint density at radius 1 is 1.08 bits per heavy atom. The van der Waals surface area contributed by atoms with E-state index >= 15 is 0 Å². The summed E-state index contributed by atoms with van der Waals surface area (Å²) in [7, 11) is 0. The number of hydrogen-bond donors (Lipinski definition) is 1. The summed E-state index contributed by atoms with van der Waals surface area (Å²) in [6.45, 7) is 5.64. The zero-order valence-corrected chi connectivity index (χ0v) is 14.7. The monoisotopic (exact) mass is 345 g/mol. The van der Waals surface area contributed by atoms with Crippen molar-refractivity contribution in [2.24, 2.45) is 0 Å². The van der Waals surface area contributed by atoms with E-state index in [4.69, 9.17) is 16.3 Å². The number of hydrogen-bond acceptors (Lipinski definition) is 3. The fourth-order valence-corrected chi connectivity index (χ4v) is 2.33. The van der Waals surface area contributed by atoms with Crippen molar-refractivity contribution >= 4 is 23.5 Å². The van der Waals surface area contributed by atoms with Crippen molar-refractivity contribution in [3.8, 4) is 0 Å². The smallest absolute Gasteiger partial charge is 0.338 e. The average molecular weight is 346 g/mol. The standard InChI is InChI=1S/C19H20ClNO3/c1-12-4-5-16(10-13(12)2)14(3)21-18(22)11-24-19(23)15-6-8-17(20)9-7-15/h4-10,14H,11H2,1-3H3,(H,21,22)/t14-/m0/s1. The Hall–Kier alpha value is -2.33. The van der Waals surface area contributed by atoms with Crippen LogP contribution in [0.25, 0.3) is 0 Å². The third kappa shape index (κ3) is 4.83. The van der Waals surface area contributed by atoms with E-state index in [1.807, 2.05) is 39.0 Å². The second-order valence-electron chi connectivity index (χ2n) is 5.72. The third-order valence-electron chi connectivity index (χ3n) is 3.82. The van der Waals surface area contributed by atoms with Gasteiger partial charge in [0.2, 0.25) is 0 Å². The Labute approximate surface area is 146 Å². The Morgan fingerprint density at radius 3 is 2.38 bits per heavy atom. The Kier molecular flexibility index (Phi) is 5.99. The number of esters is 1. The Bertz CT molecular complexity index is 741. The predicted molar refractivity (Wildman–Crippen MR) is 94.2 cm³/mol. The molecule has 0 aliphatic carbocycles. The molecule has 0 heterocycles. The summed E-state index contributed by atoms with van der Waals surface area (Å²) in [5.41, 5.74) is 3.74. The second kappa shape index (κ2) is 7.97. The zero-order chi connectivity index (χ0) is 17.7. The average Bonchev–Trinajstić information content (AvgIpc) is 2.55. The van der Waals surface area contributed by atoms with E-state index < -0.39 is 5.97 Å². The Morgan fingerprint density at radius 2 is 1.75 bits per heavy atom. The van der Waals surface area contributed by atoms with Crippen LogP contribution in [0.2, 0.25) is 5.02 Å². The van der Waals surface area contributed by atoms with Crippen LogP contribution in [0.15, 0.2) is 42.5 Å². The molecule has 0 spiro atoms. The fraction of sp³-hybridized carbons (Fsp3) is 0.263. The number of aryl methyl sites for hydroxylation is 2. The molecule has 0 saturated heterocycles. The first kappa shape index (κ1) is 18.0. The molecule has 0 saturated carbocycles. The molecule has 0 bridgehead atoms. The molecule has 126 valence electrons. The van der Waals surface area contributed by atoms with Gasteiger partial charge < -0.3 is 10.1 Å². The molecule has 1 atom stereocenters. The highest BCUT2D eigenvalue weighted by Crippen LogP contribution is 2.16. The van der Waals surface area contributed by atoms with Gasteiger partial charge in [0.15, 0.2) is 6.61 Å².